The number of phenolic OH excluding ortho intramolecular Hbond substituents is 2. The first-order valence-corrected chi connectivity index (χ1v) is 10.9. The summed E-state index contributed by atoms with van der Waals surface area (Å²) in [6.45, 7) is 8.50. The zero-order valence-electron chi connectivity index (χ0n) is 18.9. The minimum Gasteiger partial charge on any atom is -0.507 e. The van der Waals surface area contributed by atoms with Gasteiger partial charge in [-0.15, -0.1) is 0 Å². The zero-order chi connectivity index (χ0) is 22.8. The van der Waals surface area contributed by atoms with E-state index in [0.29, 0.717) is 45.7 Å². The molecule has 0 radical (unpaired) electrons. The molecule has 4 rings (SSSR count). The summed E-state index contributed by atoms with van der Waals surface area (Å²) in [4.78, 5) is 9.59. The Labute approximate surface area is 189 Å². The number of hydrogen-bond acceptors (Lipinski definition) is 4. The molecule has 162 valence electrons. The molecular formula is C28H28N2O2. The van der Waals surface area contributed by atoms with Crippen LogP contribution in [0.15, 0.2) is 72.8 Å². The van der Waals surface area contributed by atoms with Gasteiger partial charge in [0.15, 0.2) is 0 Å². The second-order valence-electron chi connectivity index (χ2n) is 8.68. The van der Waals surface area contributed by atoms with Crippen molar-refractivity contribution >= 4 is 0 Å². The van der Waals surface area contributed by atoms with Crippen molar-refractivity contribution in [3.63, 3.8) is 0 Å². The Balaban J connectivity index is 1.76. The van der Waals surface area contributed by atoms with Crippen LogP contribution in [-0.4, -0.2) is 20.2 Å². The lowest BCUT2D eigenvalue weighted by atomic mass is 9.98. The Morgan fingerprint density at radius 2 is 0.906 bits per heavy atom. The van der Waals surface area contributed by atoms with Gasteiger partial charge >= 0.3 is 0 Å². The summed E-state index contributed by atoms with van der Waals surface area (Å²) in [5.74, 6) is 1.11. The number of nitrogens with zero attached hydrogens (tertiary/aromatic N) is 2. The molecule has 0 aliphatic carbocycles. The zero-order valence-corrected chi connectivity index (χ0v) is 18.9. The molecule has 4 heteroatoms. The molecule has 0 atom stereocenters. The number of pyridine rings is 2. The normalized spacial score (nSPS) is 11.3. The third kappa shape index (κ3) is 4.35. The molecule has 0 fully saturated rings. The van der Waals surface area contributed by atoms with Crippen LogP contribution in [0.1, 0.15) is 50.7 Å². The Morgan fingerprint density at radius 3 is 1.28 bits per heavy atom. The molecule has 32 heavy (non-hydrogen) atoms. The number of hydrogen-bond donors (Lipinski definition) is 2. The lowest BCUT2D eigenvalue weighted by Gasteiger charge is -2.12. The number of rotatable bonds is 5. The summed E-state index contributed by atoms with van der Waals surface area (Å²) in [5.41, 5.74) is 6.50. The quantitative estimate of drug-likeness (QED) is 0.357. The second kappa shape index (κ2) is 8.83. The molecule has 4 nitrogen and oxygen atoms in total. The monoisotopic (exact) mass is 424 g/mol. The summed E-state index contributed by atoms with van der Waals surface area (Å²) in [6.07, 6.45) is 0. The maximum atomic E-state index is 10.4. The molecule has 0 spiro atoms. The first-order chi connectivity index (χ1) is 15.3. The lowest BCUT2D eigenvalue weighted by molar-refractivity contribution is 0.476. The topological polar surface area (TPSA) is 66.2 Å². The molecule has 2 N–H and O–H groups in total. The Bertz CT molecular complexity index is 1160. The van der Waals surface area contributed by atoms with E-state index in [1.807, 2.05) is 60.7 Å². The van der Waals surface area contributed by atoms with Crippen LogP contribution >= 0.6 is 0 Å². The van der Waals surface area contributed by atoms with E-state index in [4.69, 9.17) is 9.97 Å². The molecule has 4 aromatic rings. The highest BCUT2D eigenvalue weighted by Gasteiger charge is 2.13. The van der Waals surface area contributed by atoms with Crippen LogP contribution in [0.3, 0.4) is 0 Å². The number of aromatic nitrogens is 2. The minimum atomic E-state index is 0.205. The number of benzene rings is 2. The average molecular weight is 425 g/mol. The fourth-order valence-corrected chi connectivity index (χ4v) is 3.69. The van der Waals surface area contributed by atoms with Gasteiger partial charge in [0, 0.05) is 11.1 Å². The van der Waals surface area contributed by atoms with Crippen molar-refractivity contribution in [2.24, 2.45) is 0 Å². The van der Waals surface area contributed by atoms with Crippen LogP contribution in [0.4, 0.5) is 0 Å². The number of aromatic hydroxyl groups is 2. The summed E-state index contributed by atoms with van der Waals surface area (Å²) in [7, 11) is 0. The molecule has 0 saturated heterocycles. The Morgan fingerprint density at radius 1 is 0.531 bits per heavy atom. The molecule has 0 saturated carbocycles. The van der Waals surface area contributed by atoms with Crippen molar-refractivity contribution in [3.05, 3.63) is 83.9 Å². The van der Waals surface area contributed by atoms with Crippen molar-refractivity contribution in [1.29, 1.82) is 0 Å². The van der Waals surface area contributed by atoms with Gasteiger partial charge in [0.25, 0.3) is 0 Å². The SMILES string of the molecule is CC(C)c1ccc(O)c(-c2cccc(-c3cccc(-c4cc(C(C)C)ccc4O)n3)n2)c1. The predicted molar refractivity (Wildman–Crippen MR) is 130 cm³/mol. The smallest absolute Gasteiger partial charge is 0.124 e. The summed E-state index contributed by atoms with van der Waals surface area (Å²) in [6, 6.07) is 22.8. The van der Waals surface area contributed by atoms with E-state index in [2.05, 4.69) is 27.7 Å². The van der Waals surface area contributed by atoms with Gasteiger partial charge in [0.2, 0.25) is 0 Å². The van der Waals surface area contributed by atoms with E-state index in [0.717, 1.165) is 11.1 Å². The molecule has 0 unspecified atom stereocenters. The Kier molecular flexibility index (Phi) is 5.95. The van der Waals surface area contributed by atoms with Gasteiger partial charge in [-0.2, -0.15) is 0 Å². The highest BCUT2D eigenvalue weighted by atomic mass is 16.3. The van der Waals surface area contributed by atoms with Gasteiger partial charge in [-0.3, -0.25) is 0 Å². The van der Waals surface area contributed by atoms with Gasteiger partial charge in [0.05, 0.1) is 22.8 Å². The maximum Gasteiger partial charge on any atom is 0.124 e. The fraction of sp³-hybridized carbons (Fsp3) is 0.214. The van der Waals surface area contributed by atoms with Gasteiger partial charge in [0.1, 0.15) is 11.5 Å². The van der Waals surface area contributed by atoms with E-state index in [9.17, 15) is 10.2 Å². The van der Waals surface area contributed by atoms with Crippen LogP contribution in [-0.2, 0) is 0 Å². The van der Waals surface area contributed by atoms with Crippen LogP contribution in [0.5, 0.6) is 11.5 Å². The minimum absolute atomic E-state index is 0.205. The van der Waals surface area contributed by atoms with Gasteiger partial charge < -0.3 is 10.2 Å². The predicted octanol–water partition coefficient (Wildman–Crippen LogP) is 7.14. The maximum absolute atomic E-state index is 10.4. The Hall–Kier alpha value is -3.66. The standard InChI is InChI=1S/C28H28N2O2/c1-17(2)19-11-13-27(31)21(15-19)23-7-5-9-25(29-23)26-10-6-8-24(30-26)22-16-20(18(3)4)12-14-28(22)32/h5-18,31-32H,1-4H3. The molecule has 2 heterocycles. The molecular weight excluding hydrogens is 396 g/mol. The third-order valence-electron chi connectivity index (χ3n) is 5.69. The molecule has 0 aliphatic rings. The third-order valence-corrected chi connectivity index (χ3v) is 5.69. The van der Waals surface area contributed by atoms with Crippen molar-refractivity contribution in [3.8, 4) is 45.4 Å². The second-order valence-corrected chi connectivity index (χ2v) is 8.68. The first kappa shape index (κ1) is 21.6. The lowest BCUT2D eigenvalue weighted by Crippen LogP contribution is -1.95. The summed E-state index contributed by atoms with van der Waals surface area (Å²) >= 11 is 0. The van der Waals surface area contributed by atoms with Crippen LogP contribution in [0, 0.1) is 0 Å². The van der Waals surface area contributed by atoms with Gasteiger partial charge in [-0.05, 0) is 71.5 Å². The van der Waals surface area contributed by atoms with E-state index in [1.54, 1.807) is 12.1 Å². The molecule has 0 bridgehead atoms. The van der Waals surface area contributed by atoms with Gasteiger partial charge in [-0.25, -0.2) is 9.97 Å². The number of phenols is 2. The van der Waals surface area contributed by atoms with Crippen LogP contribution < -0.4 is 0 Å². The van der Waals surface area contributed by atoms with Crippen molar-refractivity contribution in [2.75, 3.05) is 0 Å². The summed E-state index contributed by atoms with van der Waals surface area (Å²) in [5, 5.41) is 20.9. The molecule has 2 aromatic carbocycles. The van der Waals surface area contributed by atoms with Crippen molar-refractivity contribution in [2.45, 2.75) is 39.5 Å². The molecule has 2 aromatic heterocycles. The van der Waals surface area contributed by atoms with Gasteiger partial charge in [-0.1, -0.05) is 52.0 Å². The summed E-state index contributed by atoms with van der Waals surface area (Å²) < 4.78 is 0. The first-order valence-electron chi connectivity index (χ1n) is 10.9. The fourth-order valence-electron chi connectivity index (χ4n) is 3.69. The van der Waals surface area contributed by atoms with Crippen molar-refractivity contribution in [1.82, 2.24) is 9.97 Å². The highest BCUT2D eigenvalue weighted by Crippen LogP contribution is 2.34. The highest BCUT2D eigenvalue weighted by molar-refractivity contribution is 5.73. The largest absolute Gasteiger partial charge is 0.507 e. The van der Waals surface area contributed by atoms with E-state index in [-0.39, 0.29) is 11.5 Å². The van der Waals surface area contributed by atoms with Crippen molar-refractivity contribution < 1.29 is 10.2 Å². The van der Waals surface area contributed by atoms with E-state index in [1.165, 1.54) is 0 Å². The van der Waals surface area contributed by atoms with Crippen LogP contribution in [0.2, 0.25) is 0 Å². The van der Waals surface area contributed by atoms with E-state index >= 15 is 0 Å². The van der Waals surface area contributed by atoms with E-state index < -0.39 is 0 Å². The molecule has 0 amide bonds. The molecule has 0 aliphatic heterocycles. The van der Waals surface area contributed by atoms with Crippen LogP contribution in [0.25, 0.3) is 33.9 Å². The average Bonchev–Trinajstić information content (AvgIpc) is 2.79.